The first kappa shape index (κ1) is 12.0. The summed E-state index contributed by atoms with van der Waals surface area (Å²) in [7, 11) is 1.87. The molecule has 0 saturated heterocycles. The average molecular weight is 270 g/mol. The average Bonchev–Trinajstić information content (AvgIpc) is 2.83. The van der Waals surface area contributed by atoms with E-state index >= 15 is 0 Å². The van der Waals surface area contributed by atoms with Crippen LogP contribution in [0.3, 0.4) is 0 Å². The summed E-state index contributed by atoms with van der Waals surface area (Å²) >= 11 is 1.62. The van der Waals surface area contributed by atoms with E-state index in [-0.39, 0.29) is 0 Å². The zero-order valence-corrected chi connectivity index (χ0v) is 11.6. The Labute approximate surface area is 115 Å². The van der Waals surface area contributed by atoms with Gasteiger partial charge in [0.2, 0.25) is 0 Å². The molecule has 3 aromatic rings. The number of H-pyrrole nitrogens is 1. The summed E-state index contributed by atoms with van der Waals surface area (Å²) in [5.41, 5.74) is 2.21. The Morgan fingerprint density at radius 1 is 1.21 bits per heavy atom. The van der Waals surface area contributed by atoms with Crippen LogP contribution >= 0.6 is 11.8 Å². The van der Waals surface area contributed by atoms with Gasteiger partial charge in [0.05, 0.1) is 5.03 Å². The number of aromatic amines is 1. The van der Waals surface area contributed by atoms with E-state index in [1.165, 1.54) is 5.39 Å². The molecule has 0 aliphatic heterocycles. The van der Waals surface area contributed by atoms with Gasteiger partial charge in [0.15, 0.2) is 0 Å². The van der Waals surface area contributed by atoms with Gasteiger partial charge < -0.3 is 10.3 Å². The van der Waals surface area contributed by atoms with Gasteiger partial charge in [-0.3, -0.25) is 0 Å². The summed E-state index contributed by atoms with van der Waals surface area (Å²) in [6.07, 6.45) is 1.59. The van der Waals surface area contributed by atoms with Gasteiger partial charge in [-0.1, -0.05) is 30.0 Å². The van der Waals surface area contributed by atoms with E-state index in [4.69, 9.17) is 0 Å². The van der Waals surface area contributed by atoms with Crippen LogP contribution < -0.4 is 5.32 Å². The Morgan fingerprint density at radius 3 is 2.84 bits per heavy atom. The van der Waals surface area contributed by atoms with Crippen molar-refractivity contribution in [1.29, 1.82) is 0 Å². The molecule has 0 saturated carbocycles. The van der Waals surface area contributed by atoms with E-state index in [1.807, 2.05) is 26.1 Å². The Balaban J connectivity index is 1.96. The van der Waals surface area contributed by atoms with Crippen molar-refractivity contribution in [3.8, 4) is 0 Å². The van der Waals surface area contributed by atoms with Crippen LogP contribution in [0, 0.1) is 6.92 Å². The minimum atomic E-state index is 0.869. The molecule has 19 heavy (non-hydrogen) atoms. The zero-order valence-electron chi connectivity index (χ0n) is 10.8. The van der Waals surface area contributed by atoms with E-state index in [9.17, 15) is 0 Å². The third-order valence-electron chi connectivity index (χ3n) is 2.99. The molecule has 0 aliphatic rings. The number of rotatable bonds is 3. The van der Waals surface area contributed by atoms with Crippen LogP contribution in [-0.4, -0.2) is 22.0 Å². The van der Waals surface area contributed by atoms with E-state index in [2.05, 4.69) is 38.5 Å². The van der Waals surface area contributed by atoms with Gasteiger partial charge in [-0.15, -0.1) is 0 Å². The minimum Gasteiger partial charge on any atom is -0.373 e. The Morgan fingerprint density at radius 2 is 2.05 bits per heavy atom. The molecule has 0 atom stereocenters. The molecular weight excluding hydrogens is 256 g/mol. The third kappa shape index (κ3) is 2.29. The molecule has 0 spiro atoms. The number of nitrogens with zero attached hydrogens (tertiary/aromatic N) is 2. The lowest BCUT2D eigenvalue weighted by atomic mass is 10.3. The summed E-state index contributed by atoms with van der Waals surface area (Å²) in [6.45, 7) is 2.02. The highest BCUT2D eigenvalue weighted by Crippen LogP contribution is 2.31. The number of anilines is 1. The molecule has 0 aliphatic carbocycles. The second-order valence-electron chi connectivity index (χ2n) is 4.23. The first-order valence-electron chi connectivity index (χ1n) is 6.03. The first-order valence-corrected chi connectivity index (χ1v) is 6.84. The SMILES string of the molecule is CNc1ncnc(Sc2cc3ccccc3[nH]2)c1C. The second-order valence-corrected chi connectivity index (χ2v) is 5.26. The molecule has 2 aromatic heterocycles. The van der Waals surface area contributed by atoms with Gasteiger partial charge in [-0.2, -0.15) is 0 Å². The van der Waals surface area contributed by atoms with Crippen molar-refractivity contribution in [3.63, 3.8) is 0 Å². The molecule has 0 bridgehead atoms. The highest BCUT2D eigenvalue weighted by molar-refractivity contribution is 7.99. The van der Waals surface area contributed by atoms with Gasteiger partial charge in [-0.25, -0.2) is 9.97 Å². The molecule has 5 heteroatoms. The Bertz CT molecular complexity index is 687. The van der Waals surface area contributed by atoms with E-state index in [1.54, 1.807) is 18.1 Å². The molecule has 4 nitrogen and oxygen atoms in total. The number of fused-ring (bicyclic) bond motifs is 1. The van der Waals surface area contributed by atoms with Crippen LogP contribution in [0.1, 0.15) is 5.56 Å². The maximum Gasteiger partial charge on any atom is 0.133 e. The van der Waals surface area contributed by atoms with Gasteiger partial charge >= 0.3 is 0 Å². The van der Waals surface area contributed by atoms with Crippen molar-refractivity contribution in [3.05, 3.63) is 42.2 Å². The van der Waals surface area contributed by atoms with E-state index < -0.39 is 0 Å². The molecular formula is C14H14N4S. The highest BCUT2D eigenvalue weighted by Gasteiger charge is 2.09. The number of hydrogen-bond donors (Lipinski definition) is 2. The third-order valence-corrected chi connectivity index (χ3v) is 4.03. The lowest BCUT2D eigenvalue weighted by Gasteiger charge is -2.07. The largest absolute Gasteiger partial charge is 0.373 e. The molecule has 3 rings (SSSR count). The number of nitrogens with one attached hydrogen (secondary N) is 2. The molecule has 2 heterocycles. The maximum atomic E-state index is 4.34. The number of benzene rings is 1. The van der Waals surface area contributed by atoms with Crippen LogP contribution in [0.4, 0.5) is 5.82 Å². The number of para-hydroxylation sites is 1. The topological polar surface area (TPSA) is 53.6 Å². The van der Waals surface area contributed by atoms with Gasteiger partial charge in [0, 0.05) is 23.5 Å². The van der Waals surface area contributed by atoms with Crippen LogP contribution in [0.2, 0.25) is 0 Å². The maximum absolute atomic E-state index is 4.34. The lowest BCUT2D eigenvalue weighted by Crippen LogP contribution is -1.98. The second kappa shape index (κ2) is 4.93. The van der Waals surface area contributed by atoms with Crippen LogP contribution in [0.15, 0.2) is 46.7 Å². The zero-order chi connectivity index (χ0) is 13.2. The van der Waals surface area contributed by atoms with Crippen molar-refractivity contribution in [2.45, 2.75) is 17.0 Å². The quantitative estimate of drug-likeness (QED) is 0.716. The summed E-state index contributed by atoms with van der Waals surface area (Å²) in [5.74, 6) is 0.869. The van der Waals surface area contributed by atoms with E-state index in [0.717, 1.165) is 26.9 Å². The predicted octanol–water partition coefficient (Wildman–Crippen LogP) is 3.46. The normalized spacial score (nSPS) is 10.8. The molecule has 1 aromatic carbocycles. The van der Waals surface area contributed by atoms with Crippen LogP contribution in [0.25, 0.3) is 10.9 Å². The Kier molecular flexibility index (Phi) is 3.13. The number of aromatic nitrogens is 3. The van der Waals surface area contributed by atoms with Crippen molar-refractivity contribution < 1.29 is 0 Å². The fourth-order valence-corrected chi connectivity index (χ4v) is 2.90. The van der Waals surface area contributed by atoms with Gasteiger partial charge in [0.25, 0.3) is 0 Å². The smallest absolute Gasteiger partial charge is 0.133 e. The lowest BCUT2D eigenvalue weighted by molar-refractivity contribution is 1.00. The first-order chi connectivity index (χ1) is 9.28. The van der Waals surface area contributed by atoms with Crippen molar-refractivity contribution in [2.24, 2.45) is 0 Å². The highest BCUT2D eigenvalue weighted by atomic mass is 32.2. The summed E-state index contributed by atoms with van der Waals surface area (Å²) in [6, 6.07) is 10.4. The van der Waals surface area contributed by atoms with Crippen molar-refractivity contribution in [1.82, 2.24) is 15.0 Å². The summed E-state index contributed by atoms with van der Waals surface area (Å²) in [5, 5.41) is 6.34. The van der Waals surface area contributed by atoms with Crippen LogP contribution in [-0.2, 0) is 0 Å². The standard InChI is InChI=1S/C14H14N4S/c1-9-13(15-2)16-8-17-14(9)19-12-7-10-5-3-4-6-11(10)18-12/h3-8,18H,1-2H3,(H,15,16,17). The summed E-state index contributed by atoms with van der Waals surface area (Å²) in [4.78, 5) is 11.9. The molecule has 0 radical (unpaired) electrons. The molecule has 96 valence electrons. The minimum absolute atomic E-state index is 0.869. The monoisotopic (exact) mass is 270 g/mol. The molecule has 0 unspecified atom stereocenters. The fourth-order valence-electron chi connectivity index (χ4n) is 1.99. The summed E-state index contributed by atoms with van der Waals surface area (Å²) < 4.78 is 0. The van der Waals surface area contributed by atoms with Crippen molar-refractivity contribution in [2.75, 3.05) is 12.4 Å². The Hall–Kier alpha value is -2.01. The van der Waals surface area contributed by atoms with E-state index in [0.29, 0.717) is 0 Å². The van der Waals surface area contributed by atoms with Crippen LogP contribution in [0.5, 0.6) is 0 Å². The number of hydrogen-bond acceptors (Lipinski definition) is 4. The molecule has 2 N–H and O–H groups in total. The fraction of sp³-hybridized carbons (Fsp3) is 0.143. The molecule has 0 fully saturated rings. The van der Waals surface area contributed by atoms with Crippen molar-refractivity contribution >= 4 is 28.5 Å². The predicted molar refractivity (Wildman–Crippen MR) is 78.7 cm³/mol. The van der Waals surface area contributed by atoms with Gasteiger partial charge in [0.1, 0.15) is 17.2 Å². The van der Waals surface area contributed by atoms with Gasteiger partial charge in [-0.05, 0) is 19.1 Å². The molecule has 0 amide bonds.